The van der Waals surface area contributed by atoms with Gasteiger partial charge in [-0.05, 0) is 31.7 Å². The number of fused-ring (bicyclic) bond motifs is 1. The van der Waals surface area contributed by atoms with E-state index in [-0.39, 0.29) is 11.9 Å². The van der Waals surface area contributed by atoms with Crippen LogP contribution in [-0.2, 0) is 35.6 Å². The fraction of sp³-hybridized carbons (Fsp3) is 0.600. The molecule has 1 atom stereocenters. The van der Waals surface area contributed by atoms with Crippen LogP contribution in [0.5, 0.6) is 0 Å². The molecule has 9 nitrogen and oxygen atoms in total. The first-order valence-electron chi connectivity index (χ1n) is 10.4. The van der Waals surface area contributed by atoms with Crippen molar-refractivity contribution in [2.75, 3.05) is 26.2 Å². The topological polar surface area (TPSA) is 92.6 Å². The molecule has 162 valence electrons. The third kappa shape index (κ3) is 4.20. The van der Waals surface area contributed by atoms with Crippen LogP contribution in [0.2, 0.25) is 0 Å². The second kappa shape index (κ2) is 8.73. The molecule has 0 bridgehead atoms. The fourth-order valence-corrected chi connectivity index (χ4v) is 4.79. The van der Waals surface area contributed by atoms with Gasteiger partial charge in [0.1, 0.15) is 11.3 Å². The van der Waals surface area contributed by atoms with Gasteiger partial charge in [-0.25, -0.2) is 9.48 Å². The van der Waals surface area contributed by atoms with Crippen LogP contribution in [-0.4, -0.2) is 68.5 Å². The molecular formula is C20H28N6O3S. The minimum absolute atomic E-state index is 0.106. The Morgan fingerprint density at radius 2 is 2.17 bits per heavy atom. The lowest BCUT2D eigenvalue weighted by molar-refractivity contribution is -0.132. The van der Waals surface area contributed by atoms with Crippen molar-refractivity contribution in [3.8, 4) is 0 Å². The zero-order valence-corrected chi connectivity index (χ0v) is 18.3. The number of carbonyl (C=O) groups excluding carboxylic acids is 2. The van der Waals surface area contributed by atoms with Crippen LogP contribution in [0.4, 0.5) is 4.79 Å². The van der Waals surface area contributed by atoms with Crippen LogP contribution in [0.3, 0.4) is 0 Å². The van der Waals surface area contributed by atoms with Crippen molar-refractivity contribution in [3.05, 3.63) is 33.8 Å². The molecule has 2 aromatic heterocycles. The summed E-state index contributed by atoms with van der Waals surface area (Å²) in [6.07, 6.45) is 1.23. The van der Waals surface area contributed by atoms with Crippen LogP contribution in [0.25, 0.3) is 0 Å². The first-order valence-corrected chi connectivity index (χ1v) is 11.3. The van der Waals surface area contributed by atoms with Gasteiger partial charge in [-0.3, -0.25) is 4.79 Å². The summed E-state index contributed by atoms with van der Waals surface area (Å²) in [5, 5.41) is 13.4. The average Bonchev–Trinajstić information content (AvgIpc) is 3.48. The van der Waals surface area contributed by atoms with Crippen LogP contribution in [0, 0.1) is 0 Å². The fourth-order valence-electron chi connectivity index (χ4n) is 4.09. The second-order valence-corrected chi connectivity index (χ2v) is 8.80. The van der Waals surface area contributed by atoms with Gasteiger partial charge in [0.25, 0.3) is 0 Å². The number of amides is 3. The molecule has 1 spiro atoms. The monoisotopic (exact) mass is 432 g/mol. The zero-order chi connectivity index (χ0) is 21.1. The largest absolute Gasteiger partial charge is 0.365 e. The predicted molar refractivity (Wildman–Crippen MR) is 112 cm³/mol. The molecule has 1 unspecified atom stereocenters. The average molecular weight is 433 g/mol. The van der Waals surface area contributed by atoms with Gasteiger partial charge in [-0.15, -0.1) is 16.4 Å². The number of carbonyl (C=O) groups is 2. The van der Waals surface area contributed by atoms with E-state index >= 15 is 0 Å². The summed E-state index contributed by atoms with van der Waals surface area (Å²) in [4.78, 5) is 29.5. The van der Waals surface area contributed by atoms with Gasteiger partial charge in [0, 0.05) is 24.5 Å². The Bertz CT molecular complexity index is 894. The molecule has 2 aliphatic rings. The Hall–Kier alpha value is -2.46. The third-order valence-electron chi connectivity index (χ3n) is 5.90. The number of urea groups is 1. The predicted octanol–water partition coefficient (Wildman–Crippen LogP) is 1.64. The lowest BCUT2D eigenvalue weighted by Crippen LogP contribution is -2.45. The van der Waals surface area contributed by atoms with E-state index in [9.17, 15) is 9.59 Å². The zero-order valence-electron chi connectivity index (χ0n) is 17.5. The molecule has 3 amide bonds. The number of likely N-dealkylation sites (tertiary alicyclic amines) is 1. The van der Waals surface area contributed by atoms with Crippen LogP contribution < -0.4 is 5.32 Å². The van der Waals surface area contributed by atoms with E-state index in [0.29, 0.717) is 52.3 Å². The Morgan fingerprint density at radius 1 is 1.33 bits per heavy atom. The van der Waals surface area contributed by atoms with Crippen molar-refractivity contribution in [3.63, 3.8) is 0 Å². The molecule has 0 aliphatic carbocycles. The molecule has 4 rings (SSSR count). The Labute approximate surface area is 180 Å². The second-order valence-electron chi connectivity index (χ2n) is 7.76. The molecule has 4 heterocycles. The number of nitrogens with zero attached hydrogens (tertiary/aromatic N) is 5. The highest BCUT2D eigenvalue weighted by Gasteiger charge is 2.44. The van der Waals surface area contributed by atoms with E-state index in [1.807, 2.05) is 40.9 Å². The summed E-state index contributed by atoms with van der Waals surface area (Å²) in [5.74, 6) is 0.141. The molecular weight excluding hydrogens is 404 g/mol. The maximum Gasteiger partial charge on any atom is 0.317 e. The lowest BCUT2D eigenvalue weighted by atomic mass is 10.0. The number of hydrogen-bond acceptors (Lipinski definition) is 6. The molecule has 0 saturated carbocycles. The normalized spacial score (nSPS) is 20.4. The first kappa shape index (κ1) is 20.8. The quantitative estimate of drug-likeness (QED) is 0.749. The van der Waals surface area contributed by atoms with Crippen molar-refractivity contribution < 1.29 is 14.3 Å². The standard InChI is InChI=1S/C20H28N6O3S/c1-3-24(4-2)19(28)21-11-16-17-12-29-20(14-26(17)23-22-16)7-8-25(13-20)18(27)10-15-6-5-9-30-15/h5-6,9H,3-4,7-8,10-14H2,1-2H3,(H,21,28). The Morgan fingerprint density at radius 3 is 2.90 bits per heavy atom. The van der Waals surface area contributed by atoms with Crippen molar-refractivity contribution in [1.82, 2.24) is 30.1 Å². The highest BCUT2D eigenvalue weighted by molar-refractivity contribution is 7.10. The van der Waals surface area contributed by atoms with Crippen LogP contribution in [0.1, 0.15) is 36.5 Å². The van der Waals surface area contributed by atoms with Crippen molar-refractivity contribution in [2.24, 2.45) is 0 Å². The third-order valence-corrected chi connectivity index (χ3v) is 6.78. The summed E-state index contributed by atoms with van der Waals surface area (Å²) >= 11 is 1.61. The van der Waals surface area contributed by atoms with E-state index in [1.54, 1.807) is 16.2 Å². The van der Waals surface area contributed by atoms with Crippen molar-refractivity contribution >= 4 is 23.3 Å². The summed E-state index contributed by atoms with van der Waals surface area (Å²) in [6, 6.07) is 3.86. The molecule has 1 fully saturated rings. The van der Waals surface area contributed by atoms with E-state index < -0.39 is 5.60 Å². The minimum atomic E-state index is -0.409. The molecule has 1 saturated heterocycles. The smallest absolute Gasteiger partial charge is 0.317 e. The van der Waals surface area contributed by atoms with E-state index in [0.717, 1.165) is 22.7 Å². The summed E-state index contributed by atoms with van der Waals surface area (Å²) < 4.78 is 8.12. The van der Waals surface area contributed by atoms with Crippen LogP contribution in [0.15, 0.2) is 17.5 Å². The Balaban J connectivity index is 1.35. The van der Waals surface area contributed by atoms with Gasteiger partial charge in [-0.1, -0.05) is 11.3 Å². The molecule has 2 aliphatic heterocycles. The van der Waals surface area contributed by atoms with Crippen molar-refractivity contribution in [1.29, 1.82) is 0 Å². The molecule has 30 heavy (non-hydrogen) atoms. The van der Waals surface area contributed by atoms with Crippen LogP contribution >= 0.6 is 11.3 Å². The highest BCUT2D eigenvalue weighted by atomic mass is 32.1. The summed E-state index contributed by atoms with van der Waals surface area (Å²) in [7, 11) is 0. The number of thiophene rings is 1. The minimum Gasteiger partial charge on any atom is -0.365 e. The molecule has 0 radical (unpaired) electrons. The van der Waals surface area contributed by atoms with Gasteiger partial charge in [0.2, 0.25) is 5.91 Å². The van der Waals surface area contributed by atoms with Gasteiger partial charge in [-0.2, -0.15) is 0 Å². The maximum atomic E-state index is 12.6. The van der Waals surface area contributed by atoms with E-state index in [1.165, 1.54) is 0 Å². The van der Waals surface area contributed by atoms with E-state index in [4.69, 9.17) is 4.74 Å². The van der Waals surface area contributed by atoms with E-state index in [2.05, 4.69) is 15.6 Å². The molecule has 0 aromatic carbocycles. The van der Waals surface area contributed by atoms with Crippen molar-refractivity contribution in [2.45, 2.75) is 52.0 Å². The number of aromatic nitrogens is 3. The number of rotatable bonds is 6. The summed E-state index contributed by atoms with van der Waals surface area (Å²) in [6.45, 7) is 7.78. The molecule has 1 N–H and O–H groups in total. The summed E-state index contributed by atoms with van der Waals surface area (Å²) in [5.41, 5.74) is 1.21. The lowest BCUT2D eigenvalue weighted by Gasteiger charge is -2.34. The first-order chi connectivity index (χ1) is 14.5. The maximum absolute atomic E-state index is 12.6. The SMILES string of the molecule is CCN(CC)C(=O)NCc1nnn2c1COC1(CCN(C(=O)Cc3cccs3)C1)C2. The number of hydrogen-bond donors (Lipinski definition) is 1. The number of ether oxygens (including phenoxy) is 1. The Kier molecular flexibility index (Phi) is 6.05. The highest BCUT2D eigenvalue weighted by Crippen LogP contribution is 2.33. The molecule has 2 aromatic rings. The van der Waals surface area contributed by atoms with Gasteiger partial charge < -0.3 is 19.9 Å². The van der Waals surface area contributed by atoms with Gasteiger partial charge >= 0.3 is 6.03 Å². The molecule has 10 heteroatoms. The number of nitrogens with one attached hydrogen (secondary N) is 1. The van der Waals surface area contributed by atoms with Gasteiger partial charge in [0.05, 0.1) is 38.4 Å². The van der Waals surface area contributed by atoms with Gasteiger partial charge in [0.15, 0.2) is 0 Å².